The lowest BCUT2D eigenvalue weighted by atomic mass is 10.0. The van der Waals surface area contributed by atoms with Gasteiger partial charge in [-0.1, -0.05) is 13.0 Å². The Hall–Kier alpha value is -0.100. The van der Waals surface area contributed by atoms with Gasteiger partial charge in [0.2, 0.25) is 10.0 Å². The predicted octanol–water partition coefficient (Wildman–Crippen LogP) is 4.31. The van der Waals surface area contributed by atoms with Gasteiger partial charge < -0.3 is 0 Å². The van der Waals surface area contributed by atoms with Crippen molar-refractivity contribution in [3.8, 4) is 0 Å². The predicted molar refractivity (Wildman–Crippen MR) is 87.8 cm³/mol. The zero-order valence-corrected chi connectivity index (χ0v) is 15.7. The maximum Gasteiger partial charge on any atom is 0.244 e. The molecule has 0 saturated carbocycles. The van der Waals surface area contributed by atoms with E-state index in [-0.39, 0.29) is 10.8 Å². The first kappa shape index (κ1) is 18.0. The Morgan fingerprint density at radius 3 is 2.35 bits per heavy atom. The molecule has 0 N–H and O–H groups in total. The third-order valence-corrected chi connectivity index (χ3v) is 7.51. The summed E-state index contributed by atoms with van der Waals surface area (Å²) in [5.41, 5.74) is 1.22. The largest absolute Gasteiger partial charge is 0.244 e. The standard InChI is InChI=1S/C14H21BrClNO2S/c1-6-14(3,4)17(5)20(18,19)12-8-11(9-16)7-10(2)13(12)15/h7-8H,6,9H2,1-5H3. The molecule has 6 heteroatoms. The molecular weight excluding hydrogens is 362 g/mol. The topological polar surface area (TPSA) is 37.4 Å². The molecule has 1 aromatic rings. The lowest BCUT2D eigenvalue weighted by molar-refractivity contribution is 0.257. The van der Waals surface area contributed by atoms with Crippen molar-refractivity contribution in [2.75, 3.05) is 7.05 Å². The summed E-state index contributed by atoms with van der Waals surface area (Å²) in [6.45, 7) is 7.67. The lowest BCUT2D eigenvalue weighted by Gasteiger charge is -2.34. The minimum Gasteiger partial charge on any atom is -0.207 e. The highest BCUT2D eigenvalue weighted by atomic mass is 79.9. The van der Waals surface area contributed by atoms with Gasteiger partial charge in [-0.3, -0.25) is 0 Å². The lowest BCUT2D eigenvalue weighted by Crippen LogP contribution is -2.44. The molecule has 114 valence electrons. The van der Waals surface area contributed by atoms with Crippen molar-refractivity contribution >= 4 is 37.6 Å². The van der Waals surface area contributed by atoms with Gasteiger partial charge in [0.1, 0.15) is 0 Å². The third-order valence-electron chi connectivity index (χ3n) is 3.79. The van der Waals surface area contributed by atoms with Crippen molar-refractivity contribution in [1.29, 1.82) is 0 Å². The Labute approximate surface area is 135 Å². The van der Waals surface area contributed by atoms with Crippen molar-refractivity contribution in [3.63, 3.8) is 0 Å². The Kier molecular flexibility index (Phi) is 5.69. The SMILES string of the molecule is CCC(C)(C)N(C)S(=O)(=O)c1cc(CCl)cc(C)c1Br. The molecular formula is C14H21BrClNO2S. The minimum atomic E-state index is -3.57. The number of halogens is 2. The fourth-order valence-electron chi connectivity index (χ4n) is 1.77. The van der Waals surface area contributed by atoms with E-state index in [4.69, 9.17) is 11.6 Å². The molecule has 1 rings (SSSR count). The summed E-state index contributed by atoms with van der Waals surface area (Å²) in [6, 6.07) is 3.53. The van der Waals surface area contributed by atoms with Gasteiger partial charge in [-0.25, -0.2) is 8.42 Å². The second kappa shape index (κ2) is 6.34. The molecule has 0 fully saturated rings. The summed E-state index contributed by atoms with van der Waals surface area (Å²) in [5.74, 6) is 0.289. The van der Waals surface area contributed by atoms with Gasteiger partial charge in [-0.15, -0.1) is 11.6 Å². The smallest absolute Gasteiger partial charge is 0.207 e. The van der Waals surface area contributed by atoms with Gasteiger partial charge in [-0.05, 0) is 60.3 Å². The third kappa shape index (κ3) is 3.38. The average Bonchev–Trinajstić information content (AvgIpc) is 2.40. The first-order valence-corrected chi connectivity index (χ1v) is 9.18. The van der Waals surface area contributed by atoms with Crippen molar-refractivity contribution in [2.45, 2.75) is 50.4 Å². The molecule has 1 aromatic carbocycles. The molecule has 0 heterocycles. The van der Waals surface area contributed by atoms with Gasteiger partial charge in [0.25, 0.3) is 0 Å². The summed E-state index contributed by atoms with van der Waals surface area (Å²) >= 11 is 9.23. The van der Waals surface area contributed by atoms with E-state index in [1.807, 2.05) is 33.8 Å². The Bertz CT molecular complexity index is 599. The van der Waals surface area contributed by atoms with Crippen LogP contribution in [-0.2, 0) is 15.9 Å². The van der Waals surface area contributed by atoms with Crippen molar-refractivity contribution in [1.82, 2.24) is 4.31 Å². The van der Waals surface area contributed by atoms with E-state index in [2.05, 4.69) is 15.9 Å². The monoisotopic (exact) mass is 381 g/mol. The van der Waals surface area contributed by atoms with E-state index in [9.17, 15) is 8.42 Å². The van der Waals surface area contributed by atoms with E-state index < -0.39 is 15.6 Å². The van der Waals surface area contributed by atoms with Crippen LogP contribution in [0.2, 0.25) is 0 Å². The van der Waals surface area contributed by atoms with Crippen LogP contribution in [0, 0.1) is 6.92 Å². The van der Waals surface area contributed by atoms with Crippen LogP contribution in [0.4, 0.5) is 0 Å². The van der Waals surface area contributed by atoms with Crippen LogP contribution in [0.15, 0.2) is 21.5 Å². The number of aryl methyl sites for hydroxylation is 1. The first-order chi connectivity index (χ1) is 9.07. The molecule has 20 heavy (non-hydrogen) atoms. The molecule has 0 aliphatic carbocycles. The number of hydrogen-bond acceptors (Lipinski definition) is 2. The van der Waals surface area contributed by atoms with Crippen molar-refractivity contribution < 1.29 is 8.42 Å². The van der Waals surface area contributed by atoms with Crippen LogP contribution in [0.1, 0.15) is 38.3 Å². The van der Waals surface area contributed by atoms with Crippen LogP contribution >= 0.6 is 27.5 Å². The molecule has 0 saturated heterocycles. The maximum absolute atomic E-state index is 12.8. The molecule has 0 atom stereocenters. The summed E-state index contributed by atoms with van der Waals surface area (Å²) in [4.78, 5) is 0.275. The summed E-state index contributed by atoms with van der Waals surface area (Å²) in [5, 5.41) is 0. The fourth-order valence-corrected chi connectivity index (χ4v) is 4.53. The van der Waals surface area contributed by atoms with Crippen LogP contribution in [0.5, 0.6) is 0 Å². The van der Waals surface area contributed by atoms with Crippen LogP contribution in [-0.4, -0.2) is 25.3 Å². The van der Waals surface area contributed by atoms with E-state index in [1.54, 1.807) is 13.1 Å². The highest BCUT2D eigenvalue weighted by Gasteiger charge is 2.34. The molecule has 0 spiro atoms. The van der Waals surface area contributed by atoms with E-state index in [1.165, 1.54) is 4.31 Å². The zero-order chi connectivity index (χ0) is 15.7. The number of hydrogen-bond donors (Lipinski definition) is 0. The highest BCUT2D eigenvalue weighted by Crippen LogP contribution is 2.33. The van der Waals surface area contributed by atoms with E-state index in [0.717, 1.165) is 17.5 Å². The van der Waals surface area contributed by atoms with Gasteiger partial charge in [0.05, 0.1) is 4.90 Å². The Morgan fingerprint density at radius 2 is 1.90 bits per heavy atom. The molecule has 0 bridgehead atoms. The Morgan fingerprint density at radius 1 is 1.35 bits per heavy atom. The molecule has 0 aromatic heterocycles. The van der Waals surface area contributed by atoms with Crippen molar-refractivity contribution in [3.05, 3.63) is 27.7 Å². The second-order valence-electron chi connectivity index (χ2n) is 5.50. The summed E-state index contributed by atoms with van der Waals surface area (Å²) in [7, 11) is -1.95. The van der Waals surface area contributed by atoms with Crippen molar-refractivity contribution in [2.24, 2.45) is 0 Å². The van der Waals surface area contributed by atoms with E-state index >= 15 is 0 Å². The van der Waals surface area contributed by atoms with Gasteiger partial charge in [0, 0.05) is 22.9 Å². The zero-order valence-electron chi connectivity index (χ0n) is 12.5. The molecule has 0 amide bonds. The second-order valence-corrected chi connectivity index (χ2v) is 8.49. The normalized spacial score (nSPS) is 13.0. The average molecular weight is 383 g/mol. The highest BCUT2D eigenvalue weighted by molar-refractivity contribution is 9.10. The van der Waals surface area contributed by atoms with Gasteiger partial charge in [-0.2, -0.15) is 4.31 Å². The quantitative estimate of drug-likeness (QED) is 0.712. The molecule has 0 unspecified atom stereocenters. The summed E-state index contributed by atoms with van der Waals surface area (Å²) in [6.07, 6.45) is 0.731. The fraction of sp³-hybridized carbons (Fsp3) is 0.571. The number of nitrogens with zero attached hydrogens (tertiary/aromatic N) is 1. The number of alkyl halides is 1. The van der Waals surface area contributed by atoms with Crippen LogP contribution < -0.4 is 0 Å². The maximum atomic E-state index is 12.8. The van der Waals surface area contributed by atoms with Gasteiger partial charge >= 0.3 is 0 Å². The number of sulfonamides is 1. The van der Waals surface area contributed by atoms with Crippen LogP contribution in [0.25, 0.3) is 0 Å². The summed E-state index contributed by atoms with van der Waals surface area (Å²) < 4.78 is 27.7. The molecule has 0 radical (unpaired) electrons. The number of rotatable bonds is 5. The first-order valence-electron chi connectivity index (χ1n) is 6.42. The molecule has 3 nitrogen and oxygen atoms in total. The molecule has 0 aliphatic heterocycles. The number of benzene rings is 1. The van der Waals surface area contributed by atoms with E-state index in [0.29, 0.717) is 4.47 Å². The molecule has 0 aliphatic rings. The van der Waals surface area contributed by atoms with Gasteiger partial charge in [0.15, 0.2) is 0 Å². The minimum absolute atomic E-state index is 0.275. The Balaban J connectivity index is 3.47. The van der Waals surface area contributed by atoms with Crippen LogP contribution in [0.3, 0.4) is 0 Å².